The van der Waals surface area contributed by atoms with Crippen molar-refractivity contribution in [2.75, 3.05) is 0 Å². The average molecular weight is 751 g/mol. The van der Waals surface area contributed by atoms with Crippen molar-refractivity contribution in [3.8, 4) is 23.0 Å². The fourth-order valence-electron chi connectivity index (χ4n) is 8.98. The molecule has 8 heteroatoms. The summed E-state index contributed by atoms with van der Waals surface area (Å²) < 4.78 is 13.6. The number of hydrogen-bond donors (Lipinski definition) is 4. The molecule has 2 atom stereocenters. The number of phenols is 2. The first-order valence-corrected chi connectivity index (χ1v) is 20.9. The summed E-state index contributed by atoms with van der Waals surface area (Å²) in [6, 6.07) is 0. The van der Waals surface area contributed by atoms with Crippen molar-refractivity contribution in [2.24, 2.45) is 5.41 Å². The molecule has 0 aliphatic carbocycles. The van der Waals surface area contributed by atoms with Crippen molar-refractivity contribution < 1.29 is 39.5 Å². The Labute approximate surface area is 325 Å². The minimum atomic E-state index is -0.911. The number of benzene rings is 2. The van der Waals surface area contributed by atoms with E-state index in [1.807, 2.05) is 41.5 Å². The van der Waals surface area contributed by atoms with Crippen LogP contribution in [0.3, 0.4) is 0 Å². The summed E-state index contributed by atoms with van der Waals surface area (Å²) in [5.41, 5.74) is 5.52. The van der Waals surface area contributed by atoms with Crippen LogP contribution in [0.4, 0.5) is 0 Å². The van der Waals surface area contributed by atoms with Crippen molar-refractivity contribution >= 4 is 11.9 Å². The lowest BCUT2D eigenvalue weighted by molar-refractivity contribution is -0.152. The highest BCUT2D eigenvalue weighted by Crippen LogP contribution is 2.49. The number of carboxylic acid groups (broad SMARTS) is 2. The Balaban J connectivity index is 1.42. The van der Waals surface area contributed by atoms with Crippen LogP contribution in [-0.2, 0) is 22.4 Å². The number of unbranched alkanes of at least 4 members (excludes halogenated alkanes) is 10. The molecule has 2 unspecified atom stereocenters. The van der Waals surface area contributed by atoms with Gasteiger partial charge >= 0.3 is 11.9 Å². The van der Waals surface area contributed by atoms with E-state index in [-0.39, 0.29) is 6.42 Å². The first-order valence-electron chi connectivity index (χ1n) is 20.9. The molecule has 2 aromatic rings. The van der Waals surface area contributed by atoms with Gasteiger partial charge in [0.25, 0.3) is 0 Å². The van der Waals surface area contributed by atoms with Gasteiger partial charge < -0.3 is 29.9 Å². The van der Waals surface area contributed by atoms with Crippen LogP contribution in [0.2, 0.25) is 0 Å². The highest BCUT2D eigenvalue weighted by molar-refractivity contribution is 5.74. The molecule has 4 N–H and O–H groups in total. The lowest BCUT2D eigenvalue weighted by Crippen LogP contribution is -2.43. The number of rotatable bonds is 21. The van der Waals surface area contributed by atoms with E-state index >= 15 is 0 Å². The summed E-state index contributed by atoms with van der Waals surface area (Å²) in [6.45, 7) is 16.0. The van der Waals surface area contributed by atoms with Crippen molar-refractivity contribution in [3.05, 3.63) is 44.5 Å². The summed E-state index contributed by atoms with van der Waals surface area (Å²) >= 11 is 0. The number of hydrogen-bond acceptors (Lipinski definition) is 6. The largest absolute Gasteiger partial charge is 0.507 e. The smallest absolute Gasteiger partial charge is 0.309 e. The molecule has 0 saturated heterocycles. The molecule has 8 nitrogen and oxygen atoms in total. The van der Waals surface area contributed by atoms with E-state index in [4.69, 9.17) is 14.6 Å². The summed E-state index contributed by atoms with van der Waals surface area (Å²) in [6.07, 6.45) is 18.0. The molecule has 2 heterocycles. The van der Waals surface area contributed by atoms with Gasteiger partial charge in [-0.1, -0.05) is 64.2 Å². The maximum atomic E-state index is 13.5. The van der Waals surface area contributed by atoms with Gasteiger partial charge in [-0.05, 0) is 153 Å². The first-order chi connectivity index (χ1) is 25.4. The highest BCUT2D eigenvalue weighted by atomic mass is 16.5. The Hall–Kier alpha value is -3.42. The molecule has 302 valence electrons. The molecule has 0 bridgehead atoms. The second kappa shape index (κ2) is 18.5. The molecule has 0 amide bonds. The minimum Gasteiger partial charge on any atom is -0.507 e. The molecule has 0 fully saturated rings. The molecule has 0 aromatic heterocycles. The first kappa shape index (κ1) is 43.3. The van der Waals surface area contributed by atoms with Crippen LogP contribution < -0.4 is 9.47 Å². The van der Waals surface area contributed by atoms with E-state index in [2.05, 4.69) is 13.8 Å². The van der Waals surface area contributed by atoms with Crippen LogP contribution >= 0.6 is 0 Å². The standard InChI is InChI=1S/C46H70O8/c1-30-32(3)41-36(34(5)39(30)49)21-24-44(7,53-41)26-28-46(43(51)52,23-19-17-15-13-11-9-10-12-14-16-18-20-38(47)48)29-27-45(8)25-22-37-35(6)40(50)31(2)33(4)42(37)54-45/h49-50H,9-29H2,1-8H3,(H,47,48)(H,51,52). The molecule has 2 aromatic carbocycles. The number of phenolic OH excluding ortho intramolecular Hbond substituents is 2. The van der Waals surface area contributed by atoms with E-state index in [0.29, 0.717) is 43.6 Å². The van der Waals surface area contributed by atoms with Gasteiger partial charge in [-0.3, -0.25) is 9.59 Å². The molecular weight excluding hydrogens is 680 g/mol. The van der Waals surface area contributed by atoms with Gasteiger partial charge in [0.1, 0.15) is 34.2 Å². The third-order valence-electron chi connectivity index (χ3n) is 13.4. The Kier molecular flexibility index (Phi) is 14.8. The number of carbonyl (C=O) groups is 2. The minimum absolute atomic E-state index is 0.267. The summed E-state index contributed by atoms with van der Waals surface area (Å²) in [7, 11) is 0. The van der Waals surface area contributed by atoms with Gasteiger partial charge in [0.2, 0.25) is 0 Å². The molecule has 2 aliphatic heterocycles. The van der Waals surface area contributed by atoms with Crippen molar-refractivity contribution in [2.45, 2.75) is 201 Å². The van der Waals surface area contributed by atoms with Gasteiger partial charge in [-0.15, -0.1) is 0 Å². The Morgan fingerprint density at radius 2 is 0.926 bits per heavy atom. The van der Waals surface area contributed by atoms with Crippen LogP contribution in [0.1, 0.15) is 180 Å². The summed E-state index contributed by atoms with van der Waals surface area (Å²) in [5.74, 6) is 0.941. The normalized spacial score (nSPS) is 20.4. The molecule has 0 saturated carbocycles. The lowest BCUT2D eigenvalue weighted by atomic mass is 9.70. The summed E-state index contributed by atoms with van der Waals surface area (Å²) in [5, 5.41) is 41.3. The summed E-state index contributed by atoms with van der Waals surface area (Å²) in [4.78, 5) is 24.2. The van der Waals surface area contributed by atoms with Crippen LogP contribution in [0, 0.1) is 47.0 Å². The maximum absolute atomic E-state index is 13.5. The van der Waals surface area contributed by atoms with Crippen LogP contribution in [0.25, 0.3) is 0 Å². The second-order valence-electron chi connectivity index (χ2n) is 17.5. The van der Waals surface area contributed by atoms with Crippen molar-refractivity contribution in [1.82, 2.24) is 0 Å². The number of carboxylic acids is 2. The predicted octanol–water partition coefficient (Wildman–Crippen LogP) is 11.6. The van der Waals surface area contributed by atoms with Gasteiger partial charge in [-0.25, -0.2) is 0 Å². The number of aromatic hydroxyl groups is 2. The van der Waals surface area contributed by atoms with Crippen molar-refractivity contribution in [1.29, 1.82) is 0 Å². The molecule has 54 heavy (non-hydrogen) atoms. The van der Waals surface area contributed by atoms with Gasteiger partial charge in [0.15, 0.2) is 0 Å². The quantitative estimate of drug-likeness (QED) is 0.0927. The van der Waals surface area contributed by atoms with Crippen molar-refractivity contribution in [3.63, 3.8) is 0 Å². The topological polar surface area (TPSA) is 134 Å². The maximum Gasteiger partial charge on any atom is 0.309 e. The Morgan fingerprint density at radius 1 is 0.556 bits per heavy atom. The zero-order chi connectivity index (χ0) is 39.8. The second-order valence-corrected chi connectivity index (χ2v) is 17.5. The van der Waals surface area contributed by atoms with Crippen LogP contribution in [0.15, 0.2) is 0 Å². The number of aliphatic carboxylic acids is 2. The third-order valence-corrected chi connectivity index (χ3v) is 13.4. The fraction of sp³-hybridized carbons (Fsp3) is 0.696. The third kappa shape index (κ3) is 10.3. The van der Waals surface area contributed by atoms with E-state index in [1.165, 1.54) is 19.3 Å². The number of fused-ring (bicyclic) bond motifs is 2. The van der Waals surface area contributed by atoms with E-state index in [1.54, 1.807) is 0 Å². The zero-order valence-corrected chi connectivity index (χ0v) is 34.8. The predicted molar refractivity (Wildman–Crippen MR) is 216 cm³/mol. The Morgan fingerprint density at radius 3 is 1.30 bits per heavy atom. The zero-order valence-electron chi connectivity index (χ0n) is 34.8. The highest BCUT2D eigenvalue weighted by Gasteiger charge is 2.45. The molecule has 0 radical (unpaired) electrons. The lowest BCUT2D eigenvalue weighted by Gasteiger charge is -2.42. The number of ether oxygens (including phenoxy) is 2. The SMILES string of the molecule is Cc1c(C)c2c(c(C)c1O)CCC(C)(CCC(CCCCCCCCCCCCCC(=O)O)(CCC1(C)CCc3c(C)c(O)c(C)c(C)c3O1)C(=O)O)O2. The van der Waals surface area contributed by atoms with E-state index < -0.39 is 28.6 Å². The van der Waals surface area contributed by atoms with E-state index in [0.717, 1.165) is 133 Å². The molecule has 2 aliphatic rings. The Bertz CT molecular complexity index is 1550. The monoisotopic (exact) mass is 751 g/mol. The molecular formula is C46H70O8. The fourth-order valence-corrected chi connectivity index (χ4v) is 8.98. The molecule has 0 spiro atoms. The van der Waals surface area contributed by atoms with E-state index in [9.17, 15) is 24.9 Å². The van der Waals surface area contributed by atoms with Gasteiger partial charge in [0.05, 0.1) is 5.41 Å². The van der Waals surface area contributed by atoms with Crippen LogP contribution in [-0.4, -0.2) is 43.6 Å². The van der Waals surface area contributed by atoms with Gasteiger partial charge in [-0.2, -0.15) is 0 Å². The molecule has 4 rings (SSSR count). The van der Waals surface area contributed by atoms with Crippen LogP contribution in [0.5, 0.6) is 23.0 Å². The average Bonchev–Trinajstić information content (AvgIpc) is 3.13. The van der Waals surface area contributed by atoms with Gasteiger partial charge in [0, 0.05) is 17.5 Å².